The van der Waals surface area contributed by atoms with E-state index in [2.05, 4.69) is 10.3 Å². The predicted octanol–water partition coefficient (Wildman–Crippen LogP) is 4.82. The molecular weight excluding hydrogens is 618 g/mol. The zero-order valence-electron chi connectivity index (χ0n) is 23.5. The third-order valence-electron chi connectivity index (χ3n) is 7.82. The molecule has 0 radical (unpaired) electrons. The molecule has 2 aromatic carbocycles. The smallest absolute Gasteiger partial charge is 0.257 e. The number of amides is 3. The molecule has 1 saturated heterocycles. The van der Waals surface area contributed by atoms with Crippen LogP contribution in [0.4, 0.5) is 29.1 Å². The maximum absolute atomic E-state index is 14.6. The first-order valence-electron chi connectivity index (χ1n) is 14.0. The number of hydrogen-bond donors (Lipinski definition) is 2. The van der Waals surface area contributed by atoms with Crippen molar-refractivity contribution in [2.45, 2.75) is 62.3 Å². The molecular formula is C31H26ClF4N5O4. The number of carbonyl (C=O) groups excluding carboxylic acids is 3. The van der Waals surface area contributed by atoms with Gasteiger partial charge in [-0.3, -0.25) is 24.2 Å². The van der Waals surface area contributed by atoms with E-state index in [1.165, 1.54) is 36.5 Å². The van der Waals surface area contributed by atoms with E-state index in [1.54, 1.807) is 6.07 Å². The fourth-order valence-electron chi connectivity index (χ4n) is 5.64. The highest BCUT2D eigenvalue weighted by Gasteiger charge is 2.48. The van der Waals surface area contributed by atoms with Gasteiger partial charge in [0.2, 0.25) is 11.8 Å². The molecule has 1 aromatic heterocycles. The number of aliphatic hydroxyl groups is 1. The molecule has 3 atom stereocenters. The second kappa shape index (κ2) is 12.8. The van der Waals surface area contributed by atoms with Gasteiger partial charge in [0.25, 0.3) is 11.8 Å². The summed E-state index contributed by atoms with van der Waals surface area (Å²) in [6.07, 6.45) is -2.02. The quantitative estimate of drug-likeness (QED) is 0.356. The number of halogens is 5. The first kappa shape index (κ1) is 31.9. The van der Waals surface area contributed by atoms with Crippen molar-refractivity contribution in [2.24, 2.45) is 0 Å². The number of benzene rings is 2. The van der Waals surface area contributed by atoms with Crippen molar-refractivity contribution in [2.75, 3.05) is 9.80 Å². The molecule has 3 amide bonds. The normalized spacial score (nSPS) is 20.4. The minimum absolute atomic E-state index is 0.00489. The average Bonchev–Trinajstić information content (AvgIpc) is 3.30. The van der Waals surface area contributed by atoms with Crippen molar-refractivity contribution in [3.05, 3.63) is 88.6 Å². The minimum atomic E-state index is -2.89. The average molecular weight is 644 g/mol. The van der Waals surface area contributed by atoms with E-state index in [1.807, 2.05) is 6.07 Å². The molecule has 5 rings (SSSR count). The highest BCUT2D eigenvalue weighted by Crippen LogP contribution is 2.38. The Balaban J connectivity index is 1.63. The standard InChI is InChI=1S/C31H26ClF4N5O4/c32-23-4-2-1-3-22(23)27(28(43)39-20-5-8-31(35,36)9-6-20)40(21-13-18(33)12-19(34)14-21)29(44)24-15-25(42)30(45)41(24)26-11-17(16-37)7-10-38-26/h1-4,7,10-14,20,24-25,27,42H,5-6,8-9,15H2,(H,39,43). The molecule has 0 bridgehead atoms. The monoisotopic (exact) mass is 643 g/mol. The van der Waals surface area contributed by atoms with Gasteiger partial charge >= 0.3 is 0 Å². The number of pyridine rings is 1. The summed E-state index contributed by atoms with van der Waals surface area (Å²) in [4.78, 5) is 47.5. The number of anilines is 2. The lowest BCUT2D eigenvalue weighted by Gasteiger charge is -2.37. The summed E-state index contributed by atoms with van der Waals surface area (Å²) in [5.74, 6) is -8.05. The van der Waals surface area contributed by atoms with Crippen molar-refractivity contribution >= 4 is 40.8 Å². The molecule has 0 spiro atoms. The van der Waals surface area contributed by atoms with Gasteiger partial charge in [0.05, 0.1) is 17.3 Å². The number of alkyl halides is 2. The highest BCUT2D eigenvalue weighted by molar-refractivity contribution is 6.31. The number of aromatic nitrogens is 1. The lowest BCUT2D eigenvalue weighted by molar-refractivity contribution is -0.128. The molecule has 9 nitrogen and oxygen atoms in total. The van der Waals surface area contributed by atoms with Gasteiger partial charge in [0.15, 0.2) is 0 Å². The zero-order chi connectivity index (χ0) is 32.5. The summed E-state index contributed by atoms with van der Waals surface area (Å²) in [5.41, 5.74) is -0.284. The van der Waals surface area contributed by atoms with E-state index in [4.69, 9.17) is 11.6 Å². The Kier molecular flexibility index (Phi) is 9.08. The van der Waals surface area contributed by atoms with Gasteiger partial charge in [-0.05, 0) is 43.2 Å². The Morgan fingerprint density at radius 3 is 2.42 bits per heavy atom. The Hall–Kier alpha value is -4.54. The third-order valence-corrected chi connectivity index (χ3v) is 8.16. The van der Waals surface area contributed by atoms with Crippen LogP contribution in [0.2, 0.25) is 5.02 Å². The van der Waals surface area contributed by atoms with E-state index in [9.17, 15) is 42.3 Å². The molecule has 2 aliphatic rings. The van der Waals surface area contributed by atoms with Gasteiger partial charge in [-0.25, -0.2) is 22.5 Å². The summed E-state index contributed by atoms with van der Waals surface area (Å²) in [5, 5.41) is 22.6. The maximum atomic E-state index is 14.6. The number of aliphatic hydroxyl groups excluding tert-OH is 1. The Morgan fingerprint density at radius 2 is 1.78 bits per heavy atom. The number of nitriles is 1. The van der Waals surface area contributed by atoms with Crippen LogP contribution in [-0.2, 0) is 14.4 Å². The molecule has 1 aliphatic carbocycles. The molecule has 3 unspecified atom stereocenters. The van der Waals surface area contributed by atoms with E-state index in [0.29, 0.717) is 6.07 Å². The predicted molar refractivity (Wildman–Crippen MR) is 154 cm³/mol. The van der Waals surface area contributed by atoms with Crippen molar-refractivity contribution < 1.29 is 37.1 Å². The van der Waals surface area contributed by atoms with E-state index >= 15 is 0 Å². The van der Waals surface area contributed by atoms with Crippen molar-refractivity contribution in [1.82, 2.24) is 10.3 Å². The van der Waals surface area contributed by atoms with E-state index < -0.39 is 84.5 Å². The van der Waals surface area contributed by atoms with Crippen molar-refractivity contribution in [1.29, 1.82) is 5.26 Å². The summed E-state index contributed by atoms with van der Waals surface area (Å²) in [6, 6.07) is 8.62. The Bertz CT molecular complexity index is 1660. The van der Waals surface area contributed by atoms with Crippen LogP contribution in [0.3, 0.4) is 0 Å². The lowest BCUT2D eigenvalue weighted by Crippen LogP contribution is -2.53. The van der Waals surface area contributed by atoms with Crippen LogP contribution in [0.25, 0.3) is 0 Å². The van der Waals surface area contributed by atoms with Gasteiger partial charge in [0.1, 0.15) is 35.6 Å². The second-order valence-corrected chi connectivity index (χ2v) is 11.3. The SMILES string of the molecule is N#Cc1ccnc(N2C(=O)C(O)CC2C(=O)N(c2cc(F)cc(F)c2)C(C(=O)NC2CCC(F)(F)CC2)c2ccccc2Cl)c1. The van der Waals surface area contributed by atoms with Crippen LogP contribution in [0.5, 0.6) is 0 Å². The first-order valence-corrected chi connectivity index (χ1v) is 14.4. The number of nitrogens with zero attached hydrogens (tertiary/aromatic N) is 4. The van der Waals surface area contributed by atoms with Crippen LogP contribution >= 0.6 is 11.6 Å². The van der Waals surface area contributed by atoms with Crippen LogP contribution in [0.1, 0.15) is 49.3 Å². The van der Waals surface area contributed by atoms with E-state index in [-0.39, 0.29) is 34.8 Å². The van der Waals surface area contributed by atoms with Gasteiger partial charge < -0.3 is 10.4 Å². The Labute approximate surface area is 260 Å². The van der Waals surface area contributed by atoms with Gasteiger partial charge in [-0.1, -0.05) is 29.8 Å². The summed E-state index contributed by atoms with van der Waals surface area (Å²) >= 11 is 6.50. The summed E-state index contributed by atoms with van der Waals surface area (Å²) in [7, 11) is 0. The first-order chi connectivity index (χ1) is 21.4. The number of nitrogens with one attached hydrogen (secondary N) is 1. The molecule has 2 N–H and O–H groups in total. The molecule has 234 valence electrons. The number of hydrogen-bond acceptors (Lipinski definition) is 6. The second-order valence-electron chi connectivity index (χ2n) is 10.9. The molecule has 1 saturated carbocycles. The largest absolute Gasteiger partial charge is 0.383 e. The molecule has 3 aromatic rings. The highest BCUT2D eigenvalue weighted by atomic mass is 35.5. The summed E-state index contributed by atoms with van der Waals surface area (Å²) in [6.45, 7) is 0. The minimum Gasteiger partial charge on any atom is -0.383 e. The molecule has 2 fully saturated rings. The fraction of sp³-hybridized carbons (Fsp3) is 0.323. The molecule has 1 aliphatic heterocycles. The van der Waals surface area contributed by atoms with Gasteiger partial charge in [-0.15, -0.1) is 0 Å². The maximum Gasteiger partial charge on any atom is 0.257 e. The fourth-order valence-corrected chi connectivity index (χ4v) is 5.88. The zero-order valence-corrected chi connectivity index (χ0v) is 24.2. The number of carbonyl (C=O) groups is 3. The number of rotatable bonds is 7. The van der Waals surface area contributed by atoms with Crippen LogP contribution in [0, 0.1) is 23.0 Å². The molecule has 14 heteroatoms. The third kappa shape index (κ3) is 6.77. The molecule has 2 heterocycles. The van der Waals surface area contributed by atoms with Crippen molar-refractivity contribution in [3.63, 3.8) is 0 Å². The van der Waals surface area contributed by atoms with Gasteiger partial charge in [0, 0.05) is 48.2 Å². The van der Waals surface area contributed by atoms with Crippen LogP contribution < -0.4 is 15.1 Å². The van der Waals surface area contributed by atoms with Gasteiger partial charge in [-0.2, -0.15) is 5.26 Å². The lowest BCUT2D eigenvalue weighted by atomic mass is 9.91. The Morgan fingerprint density at radius 1 is 1.11 bits per heavy atom. The topological polar surface area (TPSA) is 127 Å². The van der Waals surface area contributed by atoms with Crippen LogP contribution in [0.15, 0.2) is 60.8 Å². The molecule has 45 heavy (non-hydrogen) atoms. The van der Waals surface area contributed by atoms with E-state index in [0.717, 1.165) is 21.9 Å². The summed E-state index contributed by atoms with van der Waals surface area (Å²) < 4.78 is 57.0. The van der Waals surface area contributed by atoms with Crippen molar-refractivity contribution in [3.8, 4) is 6.07 Å². The van der Waals surface area contributed by atoms with Crippen LogP contribution in [-0.4, -0.2) is 51.9 Å².